The fourth-order valence-electron chi connectivity index (χ4n) is 1.70. The first-order chi connectivity index (χ1) is 7.15. The molecule has 4 nitrogen and oxygen atoms in total. The number of hydrogen-bond donors (Lipinski definition) is 0. The van der Waals surface area contributed by atoms with Gasteiger partial charge in [-0.3, -0.25) is 4.68 Å². The molecular formula is C11H12N2O2. The number of benzene rings is 1. The van der Waals surface area contributed by atoms with Crippen LogP contribution in [-0.2, 0) is 11.8 Å². The van der Waals surface area contributed by atoms with E-state index in [2.05, 4.69) is 5.10 Å². The van der Waals surface area contributed by atoms with Crippen molar-refractivity contribution in [1.82, 2.24) is 9.78 Å². The van der Waals surface area contributed by atoms with Gasteiger partial charge in [0.15, 0.2) is 5.69 Å². The van der Waals surface area contributed by atoms with Gasteiger partial charge in [0.25, 0.3) is 0 Å². The Morgan fingerprint density at radius 1 is 1.47 bits per heavy atom. The maximum Gasteiger partial charge on any atom is 0.356 e. The van der Waals surface area contributed by atoms with Gasteiger partial charge in [0, 0.05) is 12.4 Å². The van der Waals surface area contributed by atoms with Crippen LogP contribution >= 0.6 is 0 Å². The van der Waals surface area contributed by atoms with Crippen LogP contribution in [0.5, 0.6) is 0 Å². The van der Waals surface area contributed by atoms with Crippen LogP contribution in [0.25, 0.3) is 10.9 Å². The maximum absolute atomic E-state index is 11.5. The second-order valence-electron chi connectivity index (χ2n) is 3.43. The summed E-state index contributed by atoms with van der Waals surface area (Å²) in [5.41, 5.74) is 2.40. The van der Waals surface area contributed by atoms with Gasteiger partial charge in [-0.25, -0.2) is 4.79 Å². The average molecular weight is 204 g/mol. The van der Waals surface area contributed by atoms with Gasteiger partial charge in [0.1, 0.15) is 0 Å². The summed E-state index contributed by atoms with van der Waals surface area (Å²) in [6, 6.07) is 5.75. The highest BCUT2D eigenvalue weighted by Crippen LogP contribution is 2.21. The van der Waals surface area contributed by atoms with Gasteiger partial charge in [0.2, 0.25) is 0 Å². The predicted molar refractivity (Wildman–Crippen MR) is 56.8 cm³/mol. The Morgan fingerprint density at radius 3 is 2.87 bits per heavy atom. The molecule has 0 aliphatic carbocycles. The molecule has 0 unspecified atom stereocenters. The summed E-state index contributed by atoms with van der Waals surface area (Å²) >= 11 is 0. The first-order valence-electron chi connectivity index (χ1n) is 4.65. The Hall–Kier alpha value is -1.84. The fourth-order valence-corrected chi connectivity index (χ4v) is 1.70. The molecule has 0 aliphatic rings. The van der Waals surface area contributed by atoms with Crippen LogP contribution in [-0.4, -0.2) is 22.9 Å². The van der Waals surface area contributed by atoms with Gasteiger partial charge < -0.3 is 4.74 Å². The second kappa shape index (κ2) is 3.38. The average Bonchev–Trinajstić information content (AvgIpc) is 2.55. The van der Waals surface area contributed by atoms with Gasteiger partial charge in [-0.1, -0.05) is 18.2 Å². The molecule has 0 bridgehead atoms. The lowest BCUT2D eigenvalue weighted by molar-refractivity contribution is 0.0590. The van der Waals surface area contributed by atoms with Gasteiger partial charge in [-0.05, 0) is 12.5 Å². The highest BCUT2D eigenvalue weighted by molar-refractivity contribution is 6.02. The summed E-state index contributed by atoms with van der Waals surface area (Å²) in [5, 5.41) is 5.13. The zero-order valence-corrected chi connectivity index (χ0v) is 8.94. The summed E-state index contributed by atoms with van der Waals surface area (Å²) in [7, 11) is 3.11. The highest BCUT2D eigenvalue weighted by atomic mass is 16.5. The van der Waals surface area contributed by atoms with Crippen LogP contribution in [0.1, 0.15) is 16.1 Å². The number of nitrogens with zero attached hydrogens (tertiary/aromatic N) is 2. The molecule has 1 heterocycles. The minimum absolute atomic E-state index is 0.356. The summed E-state index contributed by atoms with van der Waals surface area (Å²) < 4.78 is 6.28. The molecule has 0 radical (unpaired) electrons. The monoisotopic (exact) mass is 204 g/mol. The van der Waals surface area contributed by atoms with Crippen molar-refractivity contribution in [2.75, 3.05) is 7.11 Å². The third-order valence-electron chi connectivity index (χ3n) is 2.45. The number of rotatable bonds is 1. The number of ether oxygens (including phenoxy) is 1. The Bertz CT molecular complexity index is 529. The van der Waals surface area contributed by atoms with Crippen molar-refractivity contribution < 1.29 is 9.53 Å². The second-order valence-corrected chi connectivity index (χ2v) is 3.43. The third-order valence-corrected chi connectivity index (χ3v) is 2.45. The smallest absolute Gasteiger partial charge is 0.356 e. The molecule has 78 valence electrons. The lowest BCUT2D eigenvalue weighted by Gasteiger charge is -1.99. The quantitative estimate of drug-likeness (QED) is 0.664. The minimum atomic E-state index is -0.356. The third kappa shape index (κ3) is 1.38. The Morgan fingerprint density at radius 2 is 2.20 bits per heavy atom. The molecule has 15 heavy (non-hydrogen) atoms. The van der Waals surface area contributed by atoms with E-state index in [-0.39, 0.29) is 5.97 Å². The number of methoxy groups -OCH3 is 1. The van der Waals surface area contributed by atoms with E-state index in [1.54, 1.807) is 11.7 Å². The molecule has 0 saturated heterocycles. The summed E-state index contributed by atoms with van der Waals surface area (Å²) in [4.78, 5) is 11.5. The number of aryl methyl sites for hydroxylation is 2. The molecule has 2 rings (SSSR count). The molecular weight excluding hydrogens is 192 g/mol. The number of esters is 1. The SMILES string of the molecule is COC(=O)c1c2cccc(C)c2nn1C. The van der Waals surface area contributed by atoms with Crippen molar-refractivity contribution in [2.45, 2.75) is 6.92 Å². The summed E-state index contributed by atoms with van der Waals surface area (Å²) in [6.45, 7) is 1.97. The Kier molecular flexibility index (Phi) is 2.19. The summed E-state index contributed by atoms with van der Waals surface area (Å²) in [5.74, 6) is -0.356. The van der Waals surface area contributed by atoms with Gasteiger partial charge in [-0.2, -0.15) is 5.10 Å². The van der Waals surface area contributed by atoms with E-state index in [1.807, 2.05) is 25.1 Å². The molecule has 0 N–H and O–H groups in total. The van der Waals surface area contributed by atoms with E-state index in [9.17, 15) is 4.79 Å². The van der Waals surface area contributed by atoms with Crippen LogP contribution in [0.2, 0.25) is 0 Å². The minimum Gasteiger partial charge on any atom is -0.464 e. The van der Waals surface area contributed by atoms with E-state index in [0.717, 1.165) is 16.5 Å². The number of carbonyl (C=O) groups excluding carboxylic acids is 1. The Balaban J connectivity index is 2.79. The van der Waals surface area contributed by atoms with E-state index < -0.39 is 0 Å². The molecule has 0 aliphatic heterocycles. The van der Waals surface area contributed by atoms with Crippen molar-refractivity contribution >= 4 is 16.9 Å². The van der Waals surface area contributed by atoms with Crippen LogP contribution < -0.4 is 0 Å². The zero-order chi connectivity index (χ0) is 11.0. The topological polar surface area (TPSA) is 44.1 Å². The molecule has 1 aromatic carbocycles. The van der Waals surface area contributed by atoms with Crippen LogP contribution in [0, 0.1) is 6.92 Å². The largest absolute Gasteiger partial charge is 0.464 e. The van der Waals surface area contributed by atoms with Gasteiger partial charge in [-0.15, -0.1) is 0 Å². The van der Waals surface area contributed by atoms with E-state index in [0.29, 0.717) is 5.69 Å². The predicted octanol–water partition coefficient (Wildman–Crippen LogP) is 1.67. The number of carbonyl (C=O) groups is 1. The van der Waals surface area contributed by atoms with Crippen molar-refractivity contribution in [2.24, 2.45) is 7.05 Å². The zero-order valence-electron chi connectivity index (χ0n) is 8.94. The van der Waals surface area contributed by atoms with E-state index >= 15 is 0 Å². The van der Waals surface area contributed by atoms with Gasteiger partial charge in [0.05, 0.1) is 12.6 Å². The lowest BCUT2D eigenvalue weighted by atomic mass is 10.1. The van der Waals surface area contributed by atoms with Gasteiger partial charge >= 0.3 is 5.97 Å². The van der Waals surface area contributed by atoms with E-state index in [1.165, 1.54) is 7.11 Å². The molecule has 0 atom stereocenters. The highest BCUT2D eigenvalue weighted by Gasteiger charge is 2.17. The maximum atomic E-state index is 11.5. The first kappa shape index (κ1) is 9.71. The van der Waals surface area contributed by atoms with Crippen molar-refractivity contribution in [3.05, 3.63) is 29.5 Å². The van der Waals surface area contributed by atoms with Crippen molar-refractivity contribution in [3.63, 3.8) is 0 Å². The molecule has 0 fully saturated rings. The van der Waals surface area contributed by atoms with Crippen LogP contribution in [0.4, 0.5) is 0 Å². The first-order valence-corrected chi connectivity index (χ1v) is 4.65. The molecule has 0 spiro atoms. The normalized spacial score (nSPS) is 10.6. The molecule has 0 saturated carbocycles. The summed E-state index contributed by atoms with van der Waals surface area (Å²) in [6.07, 6.45) is 0. The van der Waals surface area contributed by atoms with Crippen LogP contribution in [0.3, 0.4) is 0 Å². The Labute approximate surface area is 87.5 Å². The standard InChI is InChI=1S/C11H12N2O2/c1-7-5-4-6-8-9(7)12-13(2)10(8)11(14)15-3/h4-6H,1-3H3. The molecule has 2 aromatic rings. The van der Waals surface area contributed by atoms with Crippen LogP contribution in [0.15, 0.2) is 18.2 Å². The van der Waals surface area contributed by atoms with Crippen molar-refractivity contribution in [1.29, 1.82) is 0 Å². The fraction of sp³-hybridized carbons (Fsp3) is 0.273. The number of fused-ring (bicyclic) bond motifs is 1. The lowest BCUT2D eigenvalue weighted by Crippen LogP contribution is -2.08. The van der Waals surface area contributed by atoms with Crippen molar-refractivity contribution in [3.8, 4) is 0 Å². The van der Waals surface area contributed by atoms with E-state index in [4.69, 9.17) is 4.74 Å². The molecule has 4 heteroatoms. The molecule has 0 amide bonds. The number of hydrogen-bond acceptors (Lipinski definition) is 3. The number of aromatic nitrogens is 2. The molecule has 1 aromatic heterocycles.